The fourth-order valence-electron chi connectivity index (χ4n) is 3.07. The third kappa shape index (κ3) is 3.05. The second-order valence-electron chi connectivity index (χ2n) is 5.64. The number of rotatable bonds is 4. The first kappa shape index (κ1) is 15.1. The molecule has 0 spiro atoms. The highest BCUT2D eigenvalue weighted by Gasteiger charge is 2.38. The summed E-state index contributed by atoms with van der Waals surface area (Å²) >= 11 is 0. The van der Waals surface area contributed by atoms with Crippen LogP contribution in [-0.2, 0) is 17.4 Å². The molecule has 1 aliphatic carbocycles. The molecule has 1 saturated carbocycles. The van der Waals surface area contributed by atoms with Crippen molar-refractivity contribution >= 4 is 5.78 Å². The van der Waals surface area contributed by atoms with E-state index in [1.54, 1.807) is 0 Å². The first-order chi connectivity index (χ1) is 9.37. The van der Waals surface area contributed by atoms with Gasteiger partial charge in [-0.1, -0.05) is 31.9 Å². The summed E-state index contributed by atoms with van der Waals surface area (Å²) in [6.07, 6.45) is 0.738. The molecule has 1 aliphatic rings. The van der Waals surface area contributed by atoms with Crippen LogP contribution < -0.4 is 0 Å². The zero-order chi connectivity index (χ0) is 14.8. The minimum absolute atomic E-state index is 0.178. The van der Waals surface area contributed by atoms with Gasteiger partial charge in [-0.3, -0.25) is 4.79 Å². The van der Waals surface area contributed by atoms with Gasteiger partial charge in [0.05, 0.1) is 5.56 Å². The number of ketones is 1. The lowest BCUT2D eigenvalue weighted by Crippen LogP contribution is -2.28. The van der Waals surface area contributed by atoms with Gasteiger partial charge in [0, 0.05) is 11.8 Å². The highest BCUT2D eigenvalue weighted by molar-refractivity contribution is 5.87. The van der Waals surface area contributed by atoms with E-state index < -0.39 is 11.7 Å². The first-order valence-electron chi connectivity index (χ1n) is 7.07. The maximum atomic E-state index is 12.5. The Morgan fingerprint density at radius 3 is 2.15 bits per heavy atom. The fourth-order valence-corrected chi connectivity index (χ4v) is 3.07. The van der Waals surface area contributed by atoms with E-state index in [4.69, 9.17) is 0 Å². The van der Waals surface area contributed by atoms with Gasteiger partial charge in [0.1, 0.15) is 5.78 Å². The third-order valence-electron chi connectivity index (χ3n) is 4.47. The second-order valence-corrected chi connectivity index (χ2v) is 5.64. The number of Topliss-reactive ketones (excluding diaryl/α,β-unsaturated/α-hetero) is 1. The SMILES string of the molecule is CCC1(C(=O)Cc2ccc(C(F)(F)F)cc2)CCCC1. The molecule has 1 fully saturated rings. The van der Waals surface area contributed by atoms with Gasteiger partial charge in [0.15, 0.2) is 0 Å². The Hall–Kier alpha value is -1.32. The summed E-state index contributed by atoms with van der Waals surface area (Å²) < 4.78 is 37.4. The molecule has 110 valence electrons. The molecule has 0 radical (unpaired) electrons. The van der Waals surface area contributed by atoms with Crippen molar-refractivity contribution in [3.05, 3.63) is 35.4 Å². The summed E-state index contributed by atoms with van der Waals surface area (Å²) in [5, 5.41) is 0. The molecule has 0 atom stereocenters. The fraction of sp³-hybridized carbons (Fsp3) is 0.562. The average molecular weight is 284 g/mol. The molecule has 0 heterocycles. The molecule has 1 aromatic rings. The van der Waals surface area contributed by atoms with Crippen LogP contribution in [0.25, 0.3) is 0 Å². The van der Waals surface area contributed by atoms with Crippen LogP contribution in [0.3, 0.4) is 0 Å². The number of halogens is 3. The molecule has 1 aromatic carbocycles. The van der Waals surface area contributed by atoms with Crippen molar-refractivity contribution in [2.45, 2.75) is 51.6 Å². The predicted octanol–water partition coefficient (Wildman–Crippen LogP) is 4.79. The Morgan fingerprint density at radius 2 is 1.70 bits per heavy atom. The number of hydrogen-bond donors (Lipinski definition) is 0. The summed E-state index contributed by atoms with van der Waals surface area (Å²) in [5.41, 5.74) is -0.231. The lowest BCUT2D eigenvalue weighted by molar-refractivity contribution is -0.137. The minimum atomic E-state index is -4.32. The zero-order valence-corrected chi connectivity index (χ0v) is 11.6. The Labute approximate surface area is 117 Å². The molecular weight excluding hydrogens is 265 g/mol. The van der Waals surface area contributed by atoms with Gasteiger partial charge in [-0.25, -0.2) is 0 Å². The van der Waals surface area contributed by atoms with Crippen molar-refractivity contribution in [1.29, 1.82) is 0 Å². The third-order valence-corrected chi connectivity index (χ3v) is 4.47. The molecule has 2 rings (SSSR count). The number of carbonyl (C=O) groups excluding carboxylic acids is 1. The highest BCUT2D eigenvalue weighted by Crippen LogP contribution is 2.42. The molecule has 0 amide bonds. The van der Waals surface area contributed by atoms with E-state index >= 15 is 0 Å². The van der Waals surface area contributed by atoms with Crippen LogP contribution >= 0.6 is 0 Å². The first-order valence-corrected chi connectivity index (χ1v) is 7.07. The summed E-state index contributed by atoms with van der Waals surface area (Å²) in [7, 11) is 0. The Bertz CT molecular complexity index is 467. The van der Waals surface area contributed by atoms with E-state index in [1.165, 1.54) is 12.1 Å². The van der Waals surface area contributed by atoms with E-state index in [9.17, 15) is 18.0 Å². The molecular formula is C16H19F3O. The maximum absolute atomic E-state index is 12.5. The summed E-state index contributed by atoms with van der Waals surface area (Å²) in [6, 6.07) is 4.93. The summed E-state index contributed by atoms with van der Waals surface area (Å²) in [5.74, 6) is 0.178. The van der Waals surface area contributed by atoms with Crippen LogP contribution in [0.4, 0.5) is 13.2 Å². The van der Waals surface area contributed by atoms with Gasteiger partial charge in [0.2, 0.25) is 0 Å². The molecule has 0 saturated heterocycles. The zero-order valence-electron chi connectivity index (χ0n) is 11.6. The number of benzene rings is 1. The summed E-state index contributed by atoms with van der Waals surface area (Å²) in [6.45, 7) is 2.02. The molecule has 4 heteroatoms. The number of carbonyl (C=O) groups is 1. The van der Waals surface area contributed by atoms with Crippen LogP contribution in [-0.4, -0.2) is 5.78 Å². The van der Waals surface area contributed by atoms with Crippen LogP contribution in [0.5, 0.6) is 0 Å². The Balaban J connectivity index is 2.08. The van der Waals surface area contributed by atoms with Crippen molar-refractivity contribution in [2.75, 3.05) is 0 Å². The predicted molar refractivity (Wildman–Crippen MR) is 71.3 cm³/mol. The number of alkyl halides is 3. The molecule has 0 bridgehead atoms. The van der Waals surface area contributed by atoms with Gasteiger partial charge in [0.25, 0.3) is 0 Å². The average Bonchev–Trinajstić information content (AvgIpc) is 2.88. The van der Waals surface area contributed by atoms with Gasteiger partial charge in [-0.2, -0.15) is 13.2 Å². The lowest BCUT2D eigenvalue weighted by Gasteiger charge is -2.25. The smallest absolute Gasteiger partial charge is 0.299 e. The van der Waals surface area contributed by atoms with Crippen LogP contribution in [0.15, 0.2) is 24.3 Å². The van der Waals surface area contributed by atoms with Crippen LogP contribution in [0, 0.1) is 5.41 Å². The molecule has 0 unspecified atom stereocenters. The van der Waals surface area contributed by atoms with Crippen molar-refractivity contribution in [1.82, 2.24) is 0 Å². The van der Waals surface area contributed by atoms with Crippen molar-refractivity contribution in [3.8, 4) is 0 Å². The minimum Gasteiger partial charge on any atom is -0.299 e. The topological polar surface area (TPSA) is 17.1 Å². The van der Waals surface area contributed by atoms with Gasteiger partial charge >= 0.3 is 6.18 Å². The number of hydrogen-bond acceptors (Lipinski definition) is 1. The van der Waals surface area contributed by atoms with E-state index in [1.807, 2.05) is 6.92 Å². The van der Waals surface area contributed by atoms with E-state index in [0.29, 0.717) is 5.56 Å². The second kappa shape index (κ2) is 5.58. The van der Waals surface area contributed by atoms with Crippen LogP contribution in [0.1, 0.15) is 50.2 Å². The van der Waals surface area contributed by atoms with E-state index in [2.05, 4.69) is 0 Å². The van der Waals surface area contributed by atoms with Gasteiger partial charge < -0.3 is 0 Å². The van der Waals surface area contributed by atoms with Crippen molar-refractivity contribution < 1.29 is 18.0 Å². The standard InChI is InChI=1S/C16H19F3O/c1-2-15(9-3-4-10-15)14(20)11-12-5-7-13(8-6-12)16(17,18)19/h5-8H,2-4,9-11H2,1H3. The summed E-state index contributed by atoms with van der Waals surface area (Å²) in [4.78, 5) is 12.4. The van der Waals surface area contributed by atoms with Gasteiger partial charge in [-0.05, 0) is 37.0 Å². The monoisotopic (exact) mass is 284 g/mol. The molecule has 1 nitrogen and oxygen atoms in total. The van der Waals surface area contributed by atoms with Gasteiger partial charge in [-0.15, -0.1) is 0 Å². The van der Waals surface area contributed by atoms with Crippen molar-refractivity contribution in [2.24, 2.45) is 5.41 Å². The van der Waals surface area contributed by atoms with Crippen LogP contribution in [0.2, 0.25) is 0 Å². The van der Waals surface area contributed by atoms with E-state index in [-0.39, 0.29) is 17.6 Å². The molecule has 20 heavy (non-hydrogen) atoms. The normalized spacial score (nSPS) is 18.2. The molecule has 0 aliphatic heterocycles. The quantitative estimate of drug-likeness (QED) is 0.777. The molecule has 0 N–H and O–H groups in total. The van der Waals surface area contributed by atoms with Crippen molar-refractivity contribution in [3.63, 3.8) is 0 Å². The lowest BCUT2D eigenvalue weighted by atomic mass is 9.77. The largest absolute Gasteiger partial charge is 0.416 e. The highest BCUT2D eigenvalue weighted by atomic mass is 19.4. The van der Waals surface area contributed by atoms with E-state index in [0.717, 1.165) is 44.2 Å². The Kier molecular flexibility index (Phi) is 4.21. The molecule has 0 aromatic heterocycles. The Morgan fingerprint density at radius 1 is 1.15 bits per heavy atom. The maximum Gasteiger partial charge on any atom is 0.416 e.